The third kappa shape index (κ3) is 3.22. The molecule has 3 heteroatoms. The predicted octanol–water partition coefficient (Wildman–Crippen LogP) is 2.36. The van der Waals surface area contributed by atoms with E-state index in [1.54, 1.807) is 0 Å². The lowest BCUT2D eigenvalue weighted by Crippen LogP contribution is -2.25. The van der Waals surface area contributed by atoms with Crippen LogP contribution in [0.25, 0.3) is 0 Å². The molecule has 0 aromatic heterocycles. The molecule has 1 aromatic carbocycles. The Bertz CT molecular complexity index is 418. The monoisotopic (exact) mass is 232 g/mol. The topological polar surface area (TPSA) is 33.6 Å². The maximum Gasteiger partial charge on any atom is 0.145 e. The summed E-state index contributed by atoms with van der Waals surface area (Å²) in [6, 6.07) is 8.28. The molecule has 0 saturated heterocycles. The number of benzene rings is 1. The van der Waals surface area contributed by atoms with Crippen molar-refractivity contribution >= 4 is 5.84 Å². The molecule has 1 aliphatic heterocycles. The number of nitrogens with zero attached hydrogens (tertiary/aromatic N) is 1. The van der Waals surface area contributed by atoms with Gasteiger partial charge in [0.1, 0.15) is 18.2 Å². The van der Waals surface area contributed by atoms with E-state index in [2.05, 4.69) is 43.2 Å². The first-order valence-corrected chi connectivity index (χ1v) is 6.06. The standard InChI is InChI=1S/C14H20N2O/c1-14(2,3)11-5-4-6-12(9-11)17-10-13-15-7-8-16-13/h4-6,9H,7-8,10H2,1-3H3,(H,15,16). The summed E-state index contributed by atoms with van der Waals surface area (Å²) in [5.74, 6) is 1.86. The molecular formula is C14H20N2O. The summed E-state index contributed by atoms with van der Waals surface area (Å²) in [5, 5.41) is 3.20. The van der Waals surface area contributed by atoms with Gasteiger partial charge in [-0.15, -0.1) is 0 Å². The molecule has 92 valence electrons. The number of hydrogen-bond acceptors (Lipinski definition) is 3. The summed E-state index contributed by atoms with van der Waals surface area (Å²) in [6.07, 6.45) is 0. The number of ether oxygens (including phenoxy) is 1. The van der Waals surface area contributed by atoms with Gasteiger partial charge in [-0.25, -0.2) is 0 Å². The Hall–Kier alpha value is -1.51. The molecule has 0 unspecified atom stereocenters. The summed E-state index contributed by atoms with van der Waals surface area (Å²) in [7, 11) is 0. The average molecular weight is 232 g/mol. The van der Waals surface area contributed by atoms with Gasteiger partial charge in [0, 0.05) is 6.54 Å². The molecule has 17 heavy (non-hydrogen) atoms. The molecule has 2 rings (SSSR count). The number of amidine groups is 1. The molecule has 1 heterocycles. The van der Waals surface area contributed by atoms with Crippen molar-refractivity contribution in [2.24, 2.45) is 4.99 Å². The molecule has 0 spiro atoms. The quantitative estimate of drug-likeness (QED) is 0.868. The highest BCUT2D eigenvalue weighted by Gasteiger charge is 2.14. The van der Waals surface area contributed by atoms with E-state index >= 15 is 0 Å². The third-order valence-electron chi connectivity index (χ3n) is 2.82. The minimum atomic E-state index is 0.155. The van der Waals surface area contributed by atoms with Gasteiger partial charge in [-0.3, -0.25) is 4.99 Å². The van der Waals surface area contributed by atoms with Gasteiger partial charge in [0.2, 0.25) is 0 Å². The Morgan fingerprint density at radius 3 is 2.82 bits per heavy atom. The maximum absolute atomic E-state index is 5.73. The largest absolute Gasteiger partial charge is 0.486 e. The number of nitrogens with one attached hydrogen (secondary N) is 1. The van der Waals surface area contributed by atoms with Crippen LogP contribution in [0.15, 0.2) is 29.3 Å². The maximum atomic E-state index is 5.73. The highest BCUT2D eigenvalue weighted by Crippen LogP contribution is 2.25. The van der Waals surface area contributed by atoms with E-state index in [1.807, 2.05) is 12.1 Å². The van der Waals surface area contributed by atoms with Gasteiger partial charge in [0.25, 0.3) is 0 Å². The van der Waals surface area contributed by atoms with Gasteiger partial charge < -0.3 is 10.1 Å². The van der Waals surface area contributed by atoms with Crippen molar-refractivity contribution in [3.8, 4) is 5.75 Å². The highest BCUT2D eigenvalue weighted by atomic mass is 16.5. The summed E-state index contributed by atoms with van der Waals surface area (Å²) in [6.45, 7) is 8.94. The second-order valence-electron chi connectivity index (χ2n) is 5.32. The van der Waals surface area contributed by atoms with E-state index in [0.717, 1.165) is 24.7 Å². The number of rotatable bonds is 3. The lowest BCUT2D eigenvalue weighted by molar-refractivity contribution is 0.372. The molecule has 0 aliphatic carbocycles. The smallest absolute Gasteiger partial charge is 0.145 e. The van der Waals surface area contributed by atoms with E-state index in [4.69, 9.17) is 4.74 Å². The second kappa shape index (κ2) is 4.78. The van der Waals surface area contributed by atoms with E-state index in [1.165, 1.54) is 5.56 Å². The van der Waals surface area contributed by atoms with Crippen LogP contribution in [0.4, 0.5) is 0 Å². The van der Waals surface area contributed by atoms with Crippen LogP contribution in [0.3, 0.4) is 0 Å². The molecular weight excluding hydrogens is 212 g/mol. The van der Waals surface area contributed by atoms with Crippen molar-refractivity contribution < 1.29 is 4.74 Å². The SMILES string of the molecule is CC(C)(C)c1cccc(OCC2=NCCN2)c1. The summed E-state index contributed by atoms with van der Waals surface area (Å²) in [4.78, 5) is 4.30. The molecule has 0 radical (unpaired) electrons. The predicted molar refractivity (Wildman–Crippen MR) is 70.9 cm³/mol. The fourth-order valence-corrected chi connectivity index (χ4v) is 1.75. The molecule has 0 fully saturated rings. The third-order valence-corrected chi connectivity index (χ3v) is 2.82. The fourth-order valence-electron chi connectivity index (χ4n) is 1.75. The van der Waals surface area contributed by atoms with Crippen LogP contribution in [-0.2, 0) is 5.41 Å². The fraction of sp³-hybridized carbons (Fsp3) is 0.500. The van der Waals surface area contributed by atoms with Crippen LogP contribution >= 0.6 is 0 Å². The van der Waals surface area contributed by atoms with Crippen molar-refractivity contribution in [2.45, 2.75) is 26.2 Å². The van der Waals surface area contributed by atoms with E-state index < -0.39 is 0 Å². The van der Waals surface area contributed by atoms with Gasteiger partial charge in [-0.2, -0.15) is 0 Å². The molecule has 0 amide bonds. The Labute approximate surface area is 103 Å². The van der Waals surface area contributed by atoms with E-state index in [0.29, 0.717) is 6.61 Å². The second-order valence-corrected chi connectivity index (χ2v) is 5.32. The molecule has 1 aromatic rings. The molecule has 1 aliphatic rings. The van der Waals surface area contributed by atoms with Crippen LogP contribution in [0.2, 0.25) is 0 Å². The van der Waals surface area contributed by atoms with Crippen molar-refractivity contribution in [3.63, 3.8) is 0 Å². The van der Waals surface area contributed by atoms with Gasteiger partial charge >= 0.3 is 0 Å². The summed E-state index contributed by atoms with van der Waals surface area (Å²) >= 11 is 0. The van der Waals surface area contributed by atoms with Gasteiger partial charge in [-0.05, 0) is 23.1 Å². The van der Waals surface area contributed by atoms with E-state index in [9.17, 15) is 0 Å². The lowest BCUT2D eigenvalue weighted by atomic mass is 9.87. The first kappa shape index (κ1) is 12.0. The normalized spacial score (nSPS) is 15.4. The molecule has 3 nitrogen and oxygen atoms in total. The van der Waals surface area contributed by atoms with Crippen LogP contribution in [0.1, 0.15) is 26.3 Å². The molecule has 0 saturated carbocycles. The van der Waals surface area contributed by atoms with Crippen LogP contribution < -0.4 is 10.1 Å². The van der Waals surface area contributed by atoms with Crippen molar-refractivity contribution in [2.75, 3.05) is 19.7 Å². The number of hydrogen-bond donors (Lipinski definition) is 1. The van der Waals surface area contributed by atoms with Gasteiger partial charge in [0.05, 0.1) is 6.54 Å². The van der Waals surface area contributed by atoms with E-state index in [-0.39, 0.29) is 5.41 Å². The van der Waals surface area contributed by atoms with Gasteiger partial charge in [0.15, 0.2) is 0 Å². The minimum absolute atomic E-state index is 0.155. The van der Waals surface area contributed by atoms with Crippen molar-refractivity contribution in [1.29, 1.82) is 0 Å². The van der Waals surface area contributed by atoms with Crippen molar-refractivity contribution in [1.82, 2.24) is 5.32 Å². The Morgan fingerprint density at radius 1 is 1.35 bits per heavy atom. The lowest BCUT2D eigenvalue weighted by Gasteiger charge is -2.19. The summed E-state index contributed by atoms with van der Waals surface area (Å²) < 4.78 is 5.73. The Morgan fingerprint density at radius 2 is 2.18 bits per heavy atom. The summed E-state index contributed by atoms with van der Waals surface area (Å²) in [5.41, 5.74) is 1.44. The highest BCUT2D eigenvalue weighted by molar-refractivity contribution is 5.84. The zero-order chi connectivity index (χ0) is 12.3. The van der Waals surface area contributed by atoms with Crippen LogP contribution in [-0.4, -0.2) is 25.5 Å². The minimum Gasteiger partial charge on any atom is -0.486 e. The van der Waals surface area contributed by atoms with Crippen molar-refractivity contribution in [3.05, 3.63) is 29.8 Å². The molecule has 0 bridgehead atoms. The first-order chi connectivity index (χ1) is 8.05. The van der Waals surface area contributed by atoms with Gasteiger partial charge in [-0.1, -0.05) is 32.9 Å². The molecule has 0 atom stereocenters. The number of aliphatic imine (C=N–C) groups is 1. The molecule has 1 N–H and O–H groups in total. The Balaban J connectivity index is 2.01. The zero-order valence-corrected chi connectivity index (χ0v) is 10.8. The first-order valence-electron chi connectivity index (χ1n) is 6.06. The average Bonchev–Trinajstić information content (AvgIpc) is 2.78. The van der Waals surface area contributed by atoms with Crippen LogP contribution in [0, 0.1) is 0 Å². The Kier molecular flexibility index (Phi) is 3.36. The van der Waals surface area contributed by atoms with Crippen LogP contribution in [0.5, 0.6) is 5.75 Å². The zero-order valence-electron chi connectivity index (χ0n) is 10.8.